The molecule has 1 aliphatic rings. The fourth-order valence-electron chi connectivity index (χ4n) is 3.22. The first kappa shape index (κ1) is 16.9. The Labute approximate surface area is 141 Å². The van der Waals surface area contributed by atoms with Crippen molar-refractivity contribution in [1.82, 2.24) is 25.4 Å². The molecule has 2 atom stereocenters. The number of hydrogen-bond acceptors (Lipinski definition) is 5. The second-order valence-electron chi connectivity index (χ2n) is 6.57. The van der Waals surface area contributed by atoms with E-state index in [0.717, 1.165) is 37.1 Å². The molecule has 1 amide bonds. The number of hydrogen-bond donors (Lipinski definition) is 2. The minimum atomic E-state index is -0.0892. The van der Waals surface area contributed by atoms with Gasteiger partial charge in [0, 0.05) is 43.5 Å². The van der Waals surface area contributed by atoms with E-state index in [1.807, 2.05) is 13.0 Å². The maximum Gasteiger partial charge on any atom is 0.252 e. The molecule has 3 rings (SSSR count). The average Bonchev–Trinajstić information content (AvgIpc) is 2.91. The molecule has 0 spiro atoms. The van der Waals surface area contributed by atoms with Crippen LogP contribution in [0, 0.1) is 6.92 Å². The lowest BCUT2D eigenvalue weighted by atomic mass is 10.2. The summed E-state index contributed by atoms with van der Waals surface area (Å²) in [7, 11) is 0. The van der Waals surface area contributed by atoms with Crippen LogP contribution < -0.4 is 5.32 Å². The maximum atomic E-state index is 12.3. The van der Waals surface area contributed by atoms with E-state index in [1.165, 1.54) is 0 Å². The van der Waals surface area contributed by atoms with Crippen LogP contribution in [0.1, 0.15) is 36.3 Å². The second-order valence-corrected chi connectivity index (χ2v) is 6.57. The van der Waals surface area contributed by atoms with Crippen LogP contribution >= 0.6 is 0 Å². The summed E-state index contributed by atoms with van der Waals surface area (Å²) in [5.41, 5.74) is 2.13. The highest BCUT2D eigenvalue weighted by molar-refractivity contribution is 5.97. The van der Waals surface area contributed by atoms with Gasteiger partial charge in [0.2, 0.25) is 0 Å². The molecule has 2 aromatic heterocycles. The molecular weight excluding hydrogens is 306 g/mol. The van der Waals surface area contributed by atoms with Gasteiger partial charge in [-0.15, -0.1) is 0 Å². The molecule has 0 unspecified atom stereocenters. The average molecular weight is 331 g/mol. The second kappa shape index (κ2) is 7.27. The smallest absolute Gasteiger partial charge is 0.252 e. The van der Waals surface area contributed by atoms with Gasteiger partial charge in [-0.2, -0.15) is 5.10 Å². The minimum Gasteiger partial charge on any atom is -0.373 e. The molecule has 0 bridgehead atoms. The van der Waals surface area contributed by atoms with E-state index < -0.39 is 0 Å². The van der Waals surface area contributed by atoms with Gasteiger partial charge in [-0.1, -0.05) is 0 Å². The van der Waals surface area contributed by atoms with Crippen molar-refractivity contribution in [2.45, 2.75) is 39.4 Å². The van der Waals surface area contributed by atoms with Gasteiger partial charge < -0.3 is 10.1 Å². The van der Waals surface area contributed by atoms with Gasteiger partial charge in [-0.05, 0) is 33.3 Å². The van der Waals surface area contributed by atoms with Crippen molar-refractivity contribution in [3.05, 3.63) is 23.5 Å². The molecule has 0 saturated carbocycles. The first-order valence-corrected chi connectivity index (χ1v) is 8.49. The summed E-state index contributed by atoms with van der Waals surface area (Å²) in [6.07, 6.45) is 3.05. The van der Waals surface area contributed by atoms with E-state index in [0.29, 0.717) is 17.8 Å². The molecule has 7 heteroatoms. The van der Waals surface area contributed by atoms with Crippen molar-refractivity contribution in [3.63, 3.8) is 0 Å². The van der Waals surface area contributed by atoms with Crippen molar-refractivity contribution >= 4 is 16.9 Å². The van der Waals surface area contributed by atoms with Crippen molar-refractivity contribution in [3.8, 4) is 0 Å². The predicted octanol–water partition coefficient (Wildman–Crippen LogP) is 1.50. The van der Waals surface area contributed by atoms with E-state index in [9.17, 15) is 4.79 Å². The molecule has 3 heterocycles. The number of aromatic amines is 1. The molecule has 2 aromatic rings. The number of ether oxygens (including phenoxy) is 1. The van der Waals surface area contributed by atoms with E-state index in [-0.39, 0.29) is 18.1 Å². The Hall–Kier alpha value is -1.99. The number of aromatic nitrogens is 3. The summed E-state index contributed by atoms with van der Waals surface area (Å²) in [6, 6.07) is 1.84. The van der Waals surface area contributed by atoms with E-state index in [1.54, 1.807) is 6.20 Å². The lowest BCUT2D eigenvalue weighted by molar-refractivity contribution is -0.0679. The number of rotatable bonds is 5. The number of fused-ring (bicyclic) bond motifs is 1. The Kier molecular flexibility index (Phi) is 5.11. The molecule has 1 fully saturated rings. The van der Waals surface area contributed by atoms with Gasteiger partial charge >= 0.3 is 0 Å². The number of carbonyl (C=O) groups is 1. The highest BCUT2D eigenvalue weighted by Gasteiger charge is 2.21. The minimum absolute atomic E-state index is 0.0892. The topological polar surface area (TPSA) is 83.1 Å². The van der Waals surface area contributed by atoms with Crippen LogP contribution in [-0.4, -0.2) is 64.4 Å². The van der Waals surface area contributed by atoms with Gasteiger partial charge in [-0.3, -0.25) is 14.8 Å². The largest absolute Gasteiger partial charge is 0.373 e. The number of H-pyrrole nitrogens is 1. The zero-order chi connectivity index (χ0) is 17.1. The first-order valence-electron chi connectivity index (χ1n) is 8.49. The zero-order valence-corrected chi connectivity index (χ0v) is 14.5. The van der Waals surface area contributed by atoms with Crippen LogP contribution in [-0.2, 0) is 4.74 Å². The monoisotopic (exact) mass is 331 g/mol. The third kappa shape index (κ3) is 3.91. The van der Waals surface area contributed by atoms with Crippen LogP contribution in [0.25, 0.3) is 11.0 Å². The van der Waals surface area contributed by atoms with Crippen LogP contribution in [0.3, 0.4) is 0 Å². The van der Waals surface area contributed by atoms with Crippen LogP contribution in [0.2, 0.25) is 0 Å². The lowest BCUT2D eigenvalue weighted by Crippen LogP contribution is -2.46. The quantitative estimate of drug-likeness (QED) is 0.811. The van der Waals surface area contributed by atoms with Crippen molar-refractivity contribution in [2.24, 2.45) is 0 Å². The highest BCUT2D eigenvalue weighted by Crippen LogP contribution is 2.14. The normalized spacial score (nSPS) is 22.0. The number of amides is 1. The Balaban J connectivity index is 1.47. The number of pyridine rings is 1. The van der Waals surface area contributed by atoms with Crippen LogP contribution in [0.15, 0.2) is 12.3 Å². The fraction of sp³-hybridized carbons (Fsp3) is 0.588. The van der Waals surface area contributed by atoms with Gasteiger partial charge in [0.05, 0.1) is 17.8 Å². The molecule has 0 aliphatic carbocycles. The third-order valence-electron chi connectivity index (χ3n) is 4.29. The third-order valence-corrected chi connectivity index (χ3v) is 4.29. The van der Waals surface area contributed by atoms with Crippen LogP contribution in [0.4, 0.5) is 0 Å². The molecule has 1 aliphatic heterocycles. The summed E-state index contributed by atoms with van der Waals surface area (Å²) < 4.78 is 5.73. The predicted molar refractivity (Wildman–Crippen MR) is 92.0 cm³/mol. The number of nitrogens with one attached hydrogen (secondary N) is 2. The van der Waals surface area contributed by atoms with Gasteiger partial charge in [0.15, 0.2) is 5.65 Å². The molecule has 2 N–H and O–H groups in total. The summed E-state index contributed by atoms with van der Waals surface area (Å²) in [5.74, 6) is -0.0892. The molecular formula is C17H25N5O2. The number of morpholine rings is 1. The lowest BCUT2D eigenvalue weighted by Gasteiger charge is -2.35. The molecule has 24 heavy (non-hydrogen) atoms. The SMILES string of the molecule is Cc1[nH]nc2ncc(C(=O)NCCCN3C[C@@H](C)O[C@H](C)C3)cc12. The number of carbonyl (C=O) groups excluding carboxylic acids is 1. The van der Waals surface area contributed by atoms with Gasteiger partial charge in [0.25, 0.3) is 5.91 Å². The first-order chi connectivity index (χ1) is 11.5. The Morgan fingerprint density at radius 1 is 1.42 bits per heavy atom. The number of aryl methyl sites for hydroxylation is 1. The van der Waals surface area contributed by atoms with Crippen LogP contribution in [0.5, 0.6) is 0 Å². The Bertz CT molecular complexity index is 704. The van der Waals surface area contributed by atoms with E-state index >= 15 is 0 Å². The Morgan fingerprint density at radius 3 is 2.92 bits per heavy atom. The highest BCUT2D eigenvalue weighted by atomic mass is 16.5. The summed E-state index contributed by atoms with van der Waals surface area (Å²) >= 11 is 0. The van der Waals surface area contributed by atoms with Crippen molar-refractivity contribution in [2.75, 3.05) is 26.2 Å². The van der Waals surface area contributed by atoms with Crippen molar-refractivity contribution in [1.29, 1.82) is 0 Å². The standard InChI is InChI=1S/C17H25N5O2/c1-11-9-22(10-12(2)24-11)6-4-5-18-17(23)14-7-15-13(3)20-21-16(15)19-8-14/h7-8,11-12H,4-6,9-10H2,1-3H3,(H,18,23)(H,19,20,21)/t11-,12-/m1/s1. The van der Waals surface area contributed by atoms with Gasteiger partial charge in [-0.25, -0.2) is 4.98 Å². The van der Waals surface area contributed by atoms with Gasteiger partial charge in [0.1, 0.15) is 0 Å². The fourth-order valence-corrected chi connectivity index (χ4v) is 3.22. The molecule has 7 nitrogen and oxygen atoms in total. The maximum absolute atomic E-state index is 12.3. The zero-order valence-electron chi connectivity index (χ0n) is 14.5. The Morgan fingerprint density at radius 2 is 2.17 bits per heavy atom. The summed E-state index contributed by atoms with van der Waals surface area (Å²) in [6.45, 7) is 9.66. The van der Waals surface area contributed by atoms with Crippen molar-refractivity contribution < 1.29 is 9.53 Å². The summed E-state index contributed by atoms with van der Waals surface area (Å²) in [5, 5.41) is 10.8. The molecule has 0 aromatic carbocycles. The molecule has 1 saturated heterocycles. The number of nitrogens with zero attached hydrogens (tertiary/aromatic N) is 3. The molecule has 130 valence electrons. The molecule has 0 radical (unpaired) electrons. The van der Waals surface area contributed by atoms with E-state index in [4.69, 9.17) is 4.74 Å². The van der Waals surface area contributed by atoms with E-state index in [2.05, 4.69) is 39.2 Å². The summed E-state index contributed by atoms with van der Waals surface area (Å²) in [4.78, 5) is 18.9.